The largest absolute Gasteiger partial charge is 0.312 e. The molecule has 3 rings (SSSR count). The van der Waals surface area contributed by atoms with E-state index in [1.807, 2.05) is 23.1 Å². The third-order valence-corrected chi connectivity index (χ3v) is 3.60. The molecule has 0 radical (unpaired) electrons. The Balaban J connectivity index is 1.77. The summed E-state index contributed by atoms with van der Waals surface area (Å²) in [6.07, 6.45) is 8.40. The number of aromatic nitrogens is 3. The van der Waals surface area contributed by atoms with E-state index in [2.05, 4.69) is 36.4 Å². The molecule has 4 nitrogen and oxygen atoms in total. The molecule has 2 aromatic rings. The highest BCUT2D eigenvalue weighted by molar-refractivity contribution is 5.38. The lowest BCUT2D eigenvalue weighted by atomic mass is 10.2. The Kier molecular flexibility index (Phi) is 3.83. The van der Waals surface area contributed by atoms with E-state index in [1.165, 1.54) is 24.1 Å². The summed E-state index contributed by atoms with van der Waals surface area (Å²) in [5.74, 6) is 1.35. The quantitative estimate of drug-likeness (QED) is 0.877. The van der Waals surface area contributed by atoms with Crippen LogP contribution in [0.1, 0.15) is 43.9 Å². The summed E-state index contributed by atoms with van der Waals surface area (Å²) in [4.78, 5) is 4.24. The lowest BCUT2D eigenvalue weighted by Gasteiger charge is -2.11. The molecule has 0 saturated heterocycles. The Morgan fingerprint density at radius 1 is 1.35 bits per heavy atom. The summed E-state index contributed by atoms with van der Waals surface area (Å²) >= 11 is 0. The molecule has 0 aromatic carbocycles. The standard InChI is InChI=1S/C16H22N4/c1-12(2)9-18-11-14-10-17-7-5-16(14)20-8-6-15(19-20)13-3-4-13/h5-8,10,12-13,18H,3-4,9,11H2,1-2H3. The van der Waals surface area contributed by atoms with Crippen LogP contribution in [-0.2, 0) is 6.54 Å². The van der Waals surface area contributed by atoms with Gasteiger partial charge in [0.1, 0.15) is 0 Å². The second kappa shape index (κ2) is 5.75. The molecule has 1 aliphatic rings. The van der Waals surface area contributed by atoms with Gasteiger partial charge in [0.05, 0.1) is 11.4 Å². The molecule has 1 fully saturated rings. The van der Waals surface area contributed by atoms with Gasteiger partial charge in [-0.3, -0.25) is 4.98 Å². The molecule has 0 bridgehead atoms. The van der Waals surface area contributed by atoms with Gasteiger partial charge in [-0.2, -0.15) is 5.10 Å². The van der Waals surface area contributed by atoms with E-state index in [0.29, 0.717) is 11.8 Å². The first-order valence-electron chi connectivity index (χ1n) is 7.43. The lowest BCUT2D eigenvalue weighted by Crippen LogP contribution is -2.20. The fraction of sp³-hybridized carbons (Fsp3) is 0.500. The van der Waals surface area contributed by atoms with Gasteiger partial charge < -0.3 is 5.32 Å². The van der Waals surface area contributed by atoms with Crippen molar-refractivity contribution in [3.63, 3.8) is 0 Å². The summed E-state index contributed by atoms with van der Waals surface area (Å²) in [7, 11) is 0. The highest BCUT2D eigenvalue weighted by atomic mass is 15.3. The van der Waals surface area contributed by atoms with Crippen LogP contribution >= 0.6 is 0 Å². The molecule has 1 N–H and O–H groups in total. The number of pyridine rings is 1. The molecule has 106 valence electrons. The maximum absolute atomic E-state index is 4.71. The maximum Gasteiger partial charge on any atom is 0.0721 e. The van der Waals surface area contributed by atoms with Gasteiger partial charge in [0.2, 0.25) is 0 Å². The van der Waals surface area contributed by atoms with E-state index in [0.717, 1.165) is 18.8 Å². The van der Waals surface area contributed by atoms with Crippen LogP contribution in [0.5, 0.6) is 0 Å². The third-order valence-electron chi connectivity index (χ3n) is 3.60. The van der Waals surface area contributed by atoms with Crippen LogP contribution in [0.25, 0.3) is 5.69 Å². The fourth-order valence-electron chi connectivity index (χ4n) is 2.34. The topological polar surface area (TPSA) is 42.7 Å². The molecule has 4 heteroatoms. The van der Waals surface area contributed by atoms with Crippen molar-refractivity contribution in [3.05, 3.63) is 42.0 Å². The van der Waals surface area contributed by atoms with Crippen LogP contribution in [0.4, 0.5) is 0 Å². The minimum absolute atomic E-state index is 0.654. The molecular weight excluding hydrogens is 248 g/mol. The average Bonchev–Trinajstić information content (AvgIpc) is 3.17. The second-order valence-electron chi connectivity index (χ2n) is 5.99. The lowest BCUT2D eigenvalue weighted by molar-refractivity contribution is 0.550. The highest BCUT2D eigenvalue weighted by Crippen LogP contribution is 2.39. The van der Waals surface area contributed by atoms with Gasteiger partial charge in [0, 0.05) is 36.6 Å². The Hall–Kier alpha value is -1.68. The Labute approximate surface area is 120 Å². The number of nitrogens with zero attached hydrogens (tertiary/aromatic N) is 3. The predicted octanol–water partition coefficient (Wildman–Crippen LogP) is 2.89. The van der Waals surface area contributed by atoms with E-state index in [9.17, 15) is 0 Å². The van der Waals surface area contributed by atoms with Gasteiger partial charge in [-0.15, -0.1) is 0 Å². The minimum atomic E-state index is 0.654. The van der Waals surface area contributed by atoms with E-state index in [1.54, 1.807) is 0 Å². The first kappa shape index (κ1) is 13.3. The highest BCUT2D eigenvalue weighted by Gasteiger charge is 2.26. The zero-order chi connectivity index (χ0) is 13.9. The van der Waals surface area contributed by atoms with Crippen molar-refractivity contribution < 1.29 is 0 Å². The van der Waals surface area contributed by atoms with E-state index >= 15 is 0 Å². The average molecular weight is 270 g/mol. The summed E-state index contributed by atoms with van der Waals surface area (Å²) in [5, 5.41) is 8.18. The molecule has 1 aliphatic carbocycles. The molecule has 0 atom stereocenters. The third kappa shape index (κ3) is 3.07. The Morgan fingerprint density at radius 3 is 2.95 bits per heavy atom. The zero-order valence-electron chi connectivity index (χ0n) is 12.2. The predicted molar refractivity (Wildman–Crippen MR) is 79.9 cm³/mol. The number of hydrogen-bond donors (Lipinski definition) is 1. The van der Waals surface area contributed by atoms with Crippen molar-refractivity contribution in [3.8, 4) is 5.69 Å². The SMILES string of the molecule is CC(C)CNCc1cnccc1-n1ccc(C2CC2)n1. The van der Waals surface area contributed by atoms with Crippen LogP contribution in [0.15, 0.2) is 30.7 Å². The van der Waals surface area contributed by atoms with Gasteiger partial charge in [0.25, 0.3) is 0 Å². The first-order valence-corrected chi connectivity index (χ1v) is 7.43. The second-order valence-corrected chi connectivity index (χ2v) is 5.99. The summed E-state index contributed by atoms with van der Waals surface area (Å²) in [6.45, 7) is 6.28. The van der Waals surface area contributed by atoms with Crippen molar-refractivity contribution in [2.45, 2.75) is 39.2 Å². The monoisotopic (exact) mass is 270 g/mol. The van der Waals surface area contributed by atoms with E-state index in [-0.39, 0.29) is 0 Å². The van der Waals surface area contributed by atoms with Crippen LogP contribution in [-0.4, -0.2) is 21.3 Å². The Bertz CT molecular complexity index is 569. The van der Waals surface area contributed by atoms with Gasteiger partial charge in [-0.1, -0.05) is 13.8 Å². The van der Waals surface area contributed by atoms with Crippen LogP contribution in [0, 0.1) is 5.92 Å². The summed E-state index contributed by atoms with van der Waals surface area (Å²) in [5.41, 5.74) is 3.55. The molecule has 0 aliphatic heterocycles. The Morgan fingerprint density at radius 2 is 2.20 bits per heavy atom. The molecule has 2 aromatic heterocycles. The van der Waals surface area contributed by atoms with Crippen molar-refractivity contribution in [1.82, 2.24) is 20.1 Å². The number of hydrogen-bond acceptors (Lipinski definition) is 3. The smallest absolute Gasteiger partial charge is 0.0721 e. The van der Waals surface area contributed by atoms with Gasteiger partial charge >= 0.3 is 0 Å². The van der Waals surface area contributed by atoms with Crippen molar-refractivity contribution >= 4 is 0 Å². The maximum atomic E-state index is 4.71. The van der Waals surface area contributed by atoms with Crippen molar-refractivity contribution in [2.24, 2.45) is 5.92 Å². The number of rotatable bonds is 6. The van der Waals surface area contributed by atoms with Gasteiger partial charge in [-0.25, -0.2) is 4.68 Å². The van der Waals surface area contributed by atoms with Crippen LogP contribution in [0.3, 0.4) is 0 Å². The van der Waals surface area contributed by atoms with E-state index in [4.69, 9.17) is 5.10 Å². The molecular formula is C16H22N4. The molecule has 0 amide bonds. The zero-order valence-corrected chi connectivity index (χ0v) is 12.2. The molecule has 1 saturated carbocycles. The van der Waals surface area contributed by atoms with Crippen LogP contribution < -0.4 is 5.32 Å². The summed E-state index contributed by atoms with van der Waals surface area (Å²) < 4.78 is 1.99. The van der Waals surface area contributed by atoms with Gasteiger partial charge in [0.15, 0.2) is 0 Å². The fourth-order valence-corrected chi connectivity index (χ4v) is 2.34. The van der Waals surface area contributed by atoms with Gasteiger partial charge in [-0.05, 0) is 37.4 Å². The van der Waals surface area contributed by atoms with Crippen molar-refractivity contribution in [1.29, 1.82) is 0 Å². The normalized spacial score (nSPS) is 14.9. The molecule has 0 unspecified atom stereocenters. The molecule has 0 spiro atoms. The minimum Gasteiger partial charge on any atom is -0.312 e. The van der Waals surface area contributed by atoms with Crippen LogP contribution in [0.2, 0.25) is 0 Å². The number of nitrogens with one attached hydrogen (secondary N) is 1. The molecule has 20 heavy (non-hydrogen) atoms. The van der Waals surface area contributed by atoms with E-state index < -0.39 is 0 Å². The molecule has 2 heterocycles. The van der Waals surface area contributed by atoms with Crippen molar-refractivity contribution in [2.75, 3.05) is 6.54 Å². The summed E-state index contributed by atoms with van der Waals surface area (Å²) in [6, 6.07) is 4.18. The first-order chi connectivity index (χ1) is 9.74.